The first-order valence-corrected chi connectivity index (χ1v) is 10.9. The maximum Gasteiger partial charge on any atom is 0.206 e. The van der Waals surface area contributed by atoms with Crippen molar-refractivity contribution in [2.45, 2.75) is 9.79 Å². The molecule has 1 heterocycles. The minimum absolute atomic E-state index is 0.149. The highest BCUT2D eigenvalue weighted by molar-refractivity contribution is 7.91. The Morgan fingerprint density at radius 1 is 0.742 bits per heavy atom. The molecule has 1 aromatic heterocycles. The van der Waals surface area contributed by atoms with Gasteiger partial charge in [-0.05, 0) is 54.1 Å². The summed E-state index contributed by atoms with van der Waals surface area (Å²) in [6, 6.07) is 21.7. The molecule has 0 aliphatic heterocycles. The zero-order valence-electron chi connectivity index (χ0n) is 16.2. The number of aromatic nitrogens is 1. The van der Waals surface area contributed by atoms with E-state index in [-0.39, 0.29) is 15.4 Å². The molecule has 31 heavy (non-hydrogen) atoms. The fraction of sp³-hybridized carbons (Fsp3) is 0. The van der Waals surface area contributed by atoms with Gasteiger partial charge in [-0.2, -0.15) is 0 Å². The maximum atomic E-state index is 13.7. The van der Waals surface area contributed by atoms with Gasteiger partial charge in [-0.1, -0.05) is 42.5 Å². The van der Waals surface area contributed by atoms with E-state index in [0.717, 1.165) is 6.07 Å². The molecule has 0 saturated heterocycles. The van der Waals surface area contributed by atoms with Crippen LogP contribution in [0.4, 0.5) is 8.78 Å². The van der Waals surface area contributed by atoms with E-state index in [2.05, 4.69) is 4.98 Å². The number of pyridine rings is 1. The van der Waals surface area contributed by atoms with Gasteiger partial charge in [-0.25, -0.2) is 17.2 Å². The average molecular weight is 433 g/mol. The van der Waals surface area contributed by atoms with Gasteiger partial charge >= 0.3 is 0 Å². The van der Waals surface area contributed by atoms with E-state index in [1.165, 1.54) is 30.3 Å². The monoisotopic (exact) mass is 433 g/mol. The van der Waals surface area contributed by atoms with Crippen LogP contribution in [0.2, 0.25) is 0 Å². The second-order valence-electron chi connectivity index (χ2n) is 6.81. The minimum Gasteiger partial charge on any atom is -0.256 e. The van der Waals surface area contributed by atoms with Crippen molar-refractivity contribution in [3.63, 3.8) is 0 Å². The van der Waals surface area contributed by atoms with Crippen LogP contribution in [0.3, 0.4) is 0 Å². The molecule has 0 fully saturated rings. The predicted molar refractivity (Wildman–Crippen MR) is 117 cm³/mol. The highest BCUT2D eigenvalue weighted by Gasteiger charge is 2.18. The lowest BCUT2D eigenvalue weighted by Gasteiger charge is -2.07. The Balaban J connectivity index is 1.59. The van der Waals surface area contributed by atoms with Crippen molar-refractivity contribution in [1.82, 2.24) is 4.98 Å². The Hall–Kier alpha value is -3.64. The third-order valence-corrected chi connectivity index (χ3v) is 6.48. The zero-order chi connectivity index (χ0) is 21.8. The summed E-state index contributed by atoms with van der Waals surface area (Å²) in [6.07, 6.45) is 4.80. The fourth-order valence-corrected chi connectivity index (χ4v) is 4.38. The molecule has 154 valence electrons. The van der Waals surface area contributed by atoms with Crippen LogP contribution in [0.5, 0.6) is 0 Å². The molecule has 6 heteroatoms. The van der Waals surface area contributed by atoms with E-state index in [1.54, 1.807) is 48.7 Å². The second-order valence-corrected chi connectivity index (χ2v) is 8.76. The quantitative estimate of drug-likeness (QED) is 0.361. The lowest BCUT2D eigenvalue weighted by Crippen LogP contribution is -2.02. The second kappa shape index (κ2) is 8.62. The van der Waals surface area contributed by atoms with Gasteiger partial charge < -0.3 is 0 Å². The van der Waals surface area contributed by atoms with E-state index in [4.69, 9.17) is 0 Å². The summed E-state index contributed by atoms with van der Waals surface area (Å²) in [4.78, 5) is 4.59. The Labute approximate surface area is 179 Å². The fourth-order valence-electron chi connectivity index (χ4n) is 3.07. The van der Waals surface area contributed by atoms with Crippen molar-refractivity contribution in [3.05, 3.63) is 114 Å². The Morgan fingerprint density at radius 3 is 2.26 bits per heavy atom. The van der Waals surface area contributed by atoms with Gasteiger partial charge in [0.2, 0.25) is 9.84 Å². The van der Waals surface area contributed by atoms with E-state index >= 15 is 0 Å². The van der Waals surface area contributed by atoms with Crippen LogP contribution < -0.4 is 0 Å². The van der Waals surface area contributed by atoms with Crippen molar-refractivity contribution < 1.29 is 17.2 Å². The zero-order valence-corrected chi connectivity index (χ0v) is 17.1. The summed E-state index contributed by atoms with van der Waals surface area (Å²) in [6.45, 7) is 0. The molecule has 0 saturated carbocycles. The normalized spacial score (nSPS) is 11.7. The van der Waals surface area contributed by atoms with E-state index < -0.39 is 21.5 Å². The van der Waals surface area contributed by atoms with Crippen molar-refractivity contribution in [1.29, 1.82) is 0 Å². The van der Waals surface area contributed by atoms with Crippen LogP contribution in [-0.2, 0) is 9.84 Å². The van der Waals surface area contributed by atoms with Crippen LogP contribution in [0.15, 0.2) is 101 Å². The molecule has 0 bridgehead atoms. The van der Waals surface area contributed by atoms with Gasteiger partial charge in [0.25, 0.3) is 0 Å². The number of hydrogen-bond acceptors (Lipinski definition) is 3. The summed E-state index contributed by atoms with van der Waals surface area (Å²) < 4.78 is 52.9. The maximum absolute atomic E-state index is 13.7. The molecule has 0 unspecified atom stereocenters. The van der Waals surface area contributed by atoms with Gasteiger partial charge in [0.05, 0.1) is 15.5 Å². The number of sulfone groups is 1. The average Bonchev–Trinajstić information content (AvgIpc) is 2.79. The molecule has 0 atom stereocenters. The van der Waals surface area contributed by atoms with Crippen molar-refractivity contribution >= 4 is 22.0 Å². The molecule has 3 nitrogen and oxygen atoms in total. The molecule has 0 amide bonds. The number of hydrogen-bond donors (Lipinski definition) is 0. The van der Waals surface area contributed by atoms with Crippen molar-refractivity contribution in [3.8, 4) is 11.3 Å². The first-order valence-electron chi connectivity index (χ1n) is 9.43. The van der Waals surface area contributed by atoms with Crippen LogP contribution in [0.25, 0.3) is 23.4 Å². The highest BCUT2D eigenvalue weighted by atomic mass is 32.2. The summed E-state index contributed by atoms with van der Waals surface area (Å²) in [5, 5.41) is 0. The molecule has 0 radical (unpaired) electrons. The van der Waals surface area contributed by atoms with Crippen molar-refractivity contribution in [2.24, 2.45) is 0 Å². The summed E-state index contributed by atoms with van der Waals surface area (Å²) in [7, 11) is -3.72. The topological polar surface area (TPSA) is 47.0 Å². The smallest absolute Gasteiger partial charge is 0.206 e. The standard InChI is InChI=1S/C25H17F2NO2S/c26-21-12-11-19(24(27)17-21)10-7-18-8-13-22(14-9-18)31(29,30)23-5-3-4-20(16-23)25-6-1-2-15-28-25/h1-17H. The molecular weight excluding hydrogens is 416 g/mol. The van der Waals surface area contributed by atoms with Crippen LogP contribution >= 0.6 is 0 Å². The van der Waals surface area contributed by atoms with Gasteiger partial charge in [0.1, 0.15) is 11.6 Å². The molecular formula is C25H17F2NO2S. The van der Waals surface area contributed by atoms with Crippen LogP contribution in [0, 0.1) is 11.6 Å². The third kappa shape index (κ3) is 4.59. The first-order chi connectivity index (χ1) is 14.9. The number of halogens is 2. The summed E-state index contributed by atoms with van der Waals surface area (Å²) in [5.74, 6) is -1.31. The van der Waals surface area contributed by atoms with Gasteiger partial charge in [-0.3, -0.25) is 4.98 Å². The summed E-state index contributed by atoms with van der Waals surface area (Å²) in [5.41, 5.74) is 2.32. The molecule has 4 rings (SSSR count). The number of rotatable bonds is 5. The predicted octanol–water partition coefficient (Wildman–Crippen LogP) is 6.03. The lowest BCUT2D eigenvalue weighted by molar-refractivity contribution is 0.581. The minimum atomic E-state index is -3.72. The van der Waals surface area contributed by atoms with Gasteiger partial charge in [0.15, 0.2) is 0 Å². The SMILES string of the molecule is O=S(=O)(c1ccc(C=Cc2ccc(F)cc2F)cc1)c1cccc(-c2ccccn2)c1. The first kappa shape index (κ1) is 20.6. The Morgan fingerprint density at radius 2 is 1.55 bits per heavy atom. The Kier molecular flexibility index (Phi) is 5.73. The third-order valence-electron chi connectivity index (χ3n) is 4.71. The van der Waals surface area contributed by atoms with E-state index in [0.29, 0.717) is 16.8 Å². The molecule has 4 aromatic rings. The largest absolute Gasteiger partial charge is 0.256 e. The van der Waals surface area contributed by atoms with Crippen molar-refractivity contribution in [2.75, 3.05) is 0 Å². The van der Waals surface area contributed by atoms with Gasteiger partial charge in [-0.15, -0.1) is 0 Å². The molecule has 0 N–H and O–H groups in total. The molecule has 0 aliphatic rings. The number of benzene rings is 3. The number of nitrogens with zero attached hydrogens (tertiary/aromatic N) is 1. The van der Waals surface area contributed by atoms with E-state index in [1.807, 2.05) is 18.2 Å². The highest BCUT2D eigenvalue weighted by Crippen LogP contribution is 2.26. The van der Waals surface area contributed by atoms with Gasteiger partial charge in [0, 0.05) is 23.4 Å². The van der Waals surface area contributed by atoms with E-state index in [9.17, 15) is 17.2 Å². The molecule has 0 aliphatic carbocycles. The van der Waals surface area contributed by atoms with Crippen LogP contribution in [-0.4, -0.2) is 13.4 Å². The molecule has 3 aromatic carbocycles. The Bertz CT molecular complexity index is 1350. The summed E-state index contributed by atoms with van der Waals surface area (Å²) >= 11 is 0. The molecule has 0 spiro atoms. The lowest BCUT2D eigenvalue weighted by atomic mass is 10.1. The van der Waals surface area contributed by atoms with Crippen LogP contribution in [0.1, 0.15) is 11.1 Å².